The molecule has 4 nitrogen and oxygen atoms in total. The van der Waals surface area contributed by atoms with Crippen molar-refractivity contribution in [2.75, 3.05) is 0 Å². The fourth-order valence-corrected chi connectivity index (χ4v) is 4.18. The Labute approximate surface area is 122 Å². The van der Waals surface area contributed by atoms with Gasteiger partial charge < -0.3 is 5.73 Å². The van der Waals surface area contributed by atoms with Crippen molar-refractivity contribution < 1.29 is 14.0 Å². The lowest BCUT2D eigenvalue weighted by Crippen LogP contribution is -2.54. The molecule has 0 aromatic carbocycles. The Bertz CT molecular complexity index is 409. The van der Waals surface area contributed by atoms with Crippen molar-refractivity contribution in [3.8, 4) is 0 Å². The second-order valence-electron chi connectivity index (χ2n) is 6.28. The van der Waals surface area contributed by atoms with Gasteiger partial charge in [0.2, 0.25) is 11.8 Å². The van der Waals surface area contributed by atoms with Crippen LogP contribution in [0, 0.1) is 11.8 Å². The molecule has 112 valence electrons. The van der Waals surface area contributed by atoms with E-state index in [1.54, 1.807) is 0 Å². The van der Waals surface area contributed by atoms with Gasteiger partial charge in [-0.25, -0.2) is 4.39 Å². The Kier molecular flexibility index (Phi) is 3.75. The highest BCUT2D eigenvalue weighted by molar-refractivity contribution is 6.21. The average molecular weight is 303 g/mol. The zero-order valence-electron chi connectivity index (χ0n) is 11.3. The molecular formula is C14H20ClFN2O2. The summed E-state index contributed by atoms with van der Waals surface area (Å²) < 4.78 is 14.3. The molecule has 6 atom stereocenters. The van der Waals surface area contributed by atoms with Gasteiger partial charge in [0.15, 0.2) is 0 Å². The lowest BCUT2D eigenvalue weighted by Gasteiger charge is -2.37. The molecule has 0 radical (unpaired) electrons. The van der Waals surface area contributed by atoms with E-state index < -0.39 is 17.6 Å². The molecule has 0 aromatic rings. The van der Waals surface area contributed by atoms with E-state index >= 15 is 0 Å². The van der Waals surface area contributed by atoms with Gasteiger partial charge in [0.25, 0.3) is 0 Å². The smallest absolute Gasteiger partial charge is 0.233 e. The number of hydrogen-bond acceptors (Lipinski definition) is 3. The Morgan fingerprint density at radius 2 is 1.65 bits per heavy atom. The van der Waals surface area contributed by atoms with Crippen LogP contribution < -0.4 is 5.73 Å². The van der Waals surface area contributed by atoms with Gasteiger partial charge in [-0.05, 0) is 25.7 Å². The van der Waals surface area contributed by atoms with Gasteiger partial charge in [0.05, 0.1) is 23.3 Å². The second kappa shape index (κ2) is 5.26. The van der Waals surface area contributed by atoms with Crippen LogP contribution in [0.25, 0.3) is 0 Å². The van der Waals surface area contributed by atoms with Crippen molar-refractivity contribution in [3.05, 3.63) is 0 Å². The molecule has 3 fully saturated rings. The van der Waals surface area contributed by atoms with Crippen LogP contribution >= 0.6 is 11.6 Å². The zero-order valence-corrected chi connectivity index (χ0v) is 12.1. The minimum absolute atomic E-state index is 0.111. The summed E-state index contributed by atoms with van der Waals surface area (Å²) in [6, 6.07) is -1.08. The van der Waals surface area contributed by atoms with Crippen LogP contribution in [0.3, 0.4) is 0 Å². The molecule has 6 unspecified atom stereocenters. The molecule has 3 rings (SSSR count). The molecule has 2 saturated carbocycles. The van der Waals surface area contributed by atoms with Crippen LogP contribution in [0.1, 0.15) is 38.5 Å². The number of nitrogens with two attached hydrogens (primary N) is 1. The SMILES string of the molecule is NC1CC(N2C(=O)C3CCCCC3C2=O)C(F)CC1Cl. The number of alkyl halides is 2. The van der Waals surface area contributed by atoms with Crippen molar-refractivity contribution in [1.82, 2.24) is 4.90 Å². The number of amides is 2. The first-order chi connectivity index (χ1) is 9.50. The third kappa shape index (κ3) is 2.15. The van der Waals surface area contributed by atoms with Gasteiger partial charge in [-0.15, -0.1) is 11.6 Å². The third-order valence-corrected chi connectivity index (χ3v) is 5.55. The second-order valence-corrected chi connectivity index (χ2v) is 6.84. The highest BCUT2D eigenvalue weighted by Gasteiger charge is 2.53. The molecule has 6 heteroatoms. The topological polar surface area (TPSA) is 63.4 Å². The zero-order chi connectivity index (χ0) is 14.4. The van der Waals surface area contributed by atoms with Crippen molar-refractivity contribution in [3.63, 3.8) is 0 Å². The van der Waals surface area contributed by atoms with Gasteiger partial charge in [-0.2, -0.15) is 0 Å². The third-order valence-electron chi connectivity index (χ3n) is 5.05. The van der Waals surface area contributed by atoms with E-state index in [0.717, 1.165) is 25.7 Å². The largest absolute Gasteiger partial charge is 0.326 e. The van der Waals surface area contributed by atoms with E-state index in [1.807, 2.05) is 0 Å². The van der Waals surface area contributed by atoms with E-state index in [9.17, 15) is 14.0 Å². The van der Waals surface area contributed by atoms with E-state index in [4.69, 9.17) is 17.3 Å². The average Bonchev–Trinajstić information content (AvgIpc) is 2.68. The number of likely N-dealkylation sites (tertiary alicyclic amines) is 1. The van der Waals surface area contributed by atoms with Gasteiger partial charge in [-0.1, -0.05) is 12.8 Å². The van der Waals surface area contributed by atoms with Crippen molar-refractivity contribution >= 4 is 23.4 Å². The fourth-order valence-electron chi connectivity index (χ4n) is 3.90. The van der Waals surface area contributed by atoms with Crippen molar-refractivity contribution in [2.24, 2.45) is 17.6 Å². The Morgan fingerprint density at radius 3 is 2.20 bits per heavy atom. The van der Waals surface area contributed by atoms with E-state index in [1.165, 1.54) is 4.90 Å². The summed E-state index contributed by atoms with van der Waals surface area (Å²) in [5, 5.41) is -0.420. The van der Waals surface area contributed by atoms with Gasteiger partial charge in [0.1, 0.15) is 6.17 Å². The summed E-state index contributed by atoms with van der Waals surface area (Å²) in [5.41, 5.74) is 5.89. The van der Waals surface area contributed by atoms with Crippen molar-refractivity contribution in [2.45, 2.75) is 62.2 Å². The first kappa shape index (κ1) is 14.3. The van der Waals surface area contributed by atoms with Crippen LogP contribution in [0.5, 0.6) is 0 Å². The minimum atomic E-state index is -1.26. The van der Waals surface area contributed by atoms with Crippen LogP contribution in [0.4, 0.5) is 4.39 Å². The number of rotatable bonds is 1. The molecule has 2 N–H and O–H groups in total. The number of carbonyl (C=O) groups excluding carboxylic acids is 2. The highest BCUT2D eigenvalue weighted by Crippen LogP contribution is 2.41. The van der Waals surface area contributed by atoms with Crippen LogP contribution in [0.15, 0.2) is 0 Å². The Morgan fingerprint density at radius 1 is 1.10 bits per heavy atom. The molecule has 1 heterocycles. The Hall–Kier alpha value is -0.680. The normalized spacial score (nSPS) is 45.6. The summed E-state index contributed by atoms with van der Waals surface area (Å²) in [6.07, 6.45) is 2.57. The summed E-state index contributed by atoms with van der Waals surface area (Å²) in [7, 11) is 0. The first-order valence-electron chi connectivity index (χ1n) is 7.41. The van der Waals surface area contributed by atoms with Crippen LogP contribution in [-0.2, 0) is 9.59 Å². The number of hydrogen-bond donors (Lipinski definition) is 1. The standard InChI is InChI=1S/C14H20ClFN2O2/c15-9-5-10(16)12(6-11(9)17)18-13(19)7-3-1-2-4-8(7)14(18)20/h7-12H,1-6,17H2. The predicted molar refractivity (Wildman–Crippen MR) is 72.8 cm³/mol. The minimum Gasteiger partial charge on any atom is -0.326 e. The van der Waals surface area contributed by atoms with E-state index in [-0.39, 0.29) is 42.5 Å². The lowest BCUT2D eigenvalue weighted by molar-refractivity contribution is -0.145. The summed E-state index contributed by atoms with van der Waals surface area (Å²) in [5.74, 6) is -0.832. The summed E-state index contributed by atoms with van der Waals surface area (Å²) in [6.45, 7) is 0. The van der Waals surface area contributed by atoms with E-state index in [2.05, 4.69) is 0 Å². The number of nitrogens with zero attached hydrogens (tertiary/aromatic N) is 1. The van der Waals surface area contributed by atoms with Crippen LogP contribution in [-0.4, -0.2) is 40.3 Å². The number of fused-ring (bicyclic) bond motifs is 1. The van der Waals surface area contributed by atoms with Crippen LogP contribution in [0.2, 0.25) is 0 Å². The maximum Gasteiger partial charge on any atom is 0.233 e. The van der Waals surface area contributed by atoms with Gasteiger partial charge in [0, 0.05) is 6.04 Å². The first-order valence-corrected chi connectivity index (χ1v) is 7.85. The van der Waals surface area contributed by atoms with Gasteiger partial charge >= 0.3 is 0 Å². The number of imide groups is 1. The molecule has 1 saturated heterocycles. The molecule has 0 aromatic heterocycles. The predicted octanol–water partition coefficient (Wildman–Crippen LogP) is 1.60. The fraction of sp³-hybridized carbons (Fsp3) is 0.857. The molecule has 1 aliphatic heterocycles. The highest BCUT2D eigenvalue weighted by atomic mass is 35.5. The molecule has 2 aliphatic carbocycles. The maximum atomic E-state index is 14.3. The Balaban J connectivity index is 1.82. The van der Waals surface area contributed by atoms with Crippen molar-refractivity contribution in [1.29, 1.82) is 0 Å². The lowest BCUT2D eigenvalue weighted by atomic mass is 9.81. The summed E-state index contributed by atoms with van der Waals surface area (Å²) >= 11 is 5.98. The number of halogens is 2. The molecule has 0 bridgehead atoms. The molecule has 20 heavy (non-hydrogen) atoms. The maximum absolute atomic E-state index is 14.3. The summed E-state index contributed by atoms with van der Waals surface area (Å²) in [4.78, 5) is 26.1. The molecule has 2 amide bonds. The molecule has 0 spiro atoms. The number of carbonyl (C=O) groups is 2. The molecule has 3 aliphatic rings. The van der Waals surface area contributed by atoms with E-state index in [0.29, 0.717) is 0 Å². The molecular weight excluding hydrogens is 283 g/mol. The monoisotopic (exact) mass is 302 g/mol. The quantitative estimate of drug-likeness (QED) is 0.591. The van der Waals surface area contributed by atoms with Gasteiger partial charge in [-0.3, -0.25) is 14.5 Å².